The van der Waals surface area contributed by atoms with E-state index >= 15 is 0 Å². The number of nitrogens with zero attached hydrogens (tertiary/aromatic N) is 3. The van der Waals surface area contributed by atoms with Gasteiger partial charge < -0.3 is 4.74 Å². The second-order valence-corrected chi connectivity index (χ2v) is 4.90. The van der Waals surface area contributed by atoms with Crippen LogP contribution in [0.1, 0.15) is 24.3 Å². The van der Waals surface area contributed by atoms with Gasteiger partial charge in [0, 0.05) is 35.5 Å². The Kier molecular flexibility index (Phi) is 3.58. The number of hydrogen-bond donors (Lipinski definition) is 0. The number of hydrogen-bond acceptors (Lipinski definition) is 4. The molecular weight excluding hydrogens is 290 g/mol. The number of rotatable bonds is 2. The highest BCUT2D eigenvalue weighted by molar-refractivity contribution is 6.31. The summed E-state index contributed by atoms with van der Waals surface area (Å²) >= 11 is 6.19. The van der Waals surface area contributed by atoms with E-state index in [1.807, 2.05) is 18.2 Å². The van der Waals surface area contributed by atoms with Gasteiger partial charge in [0.1, 0.15) is 0 Å². The highest BCUT2D eigenvalue weighted by Gasteiger charge is 2.34. The Bertz CT molecular complexity index is 703. The van der Waals surface area contributed by atoms with E-state index in [2.05, 4.69) is 10.1 Å². The molecule has 1 atom stereocenters. The molecule has 2 heterocycles. The predicted octanol–water partition coefficient (Wildman–Crippen LogP) is 2.97. The molecule has 0 spiro atoms. The third-order valence-electron chi connectivity index (χ3n) is 3.07. The molecule has 1 aliphatic heterocycles. The molecule has 3 rings (SSSR count). The van der Waals surface area contributed by atoms with E-state index in [0.29, 0.717) is 16.5 Å². The van der Waals surface area contributed by atoms with E-state index in [9.17, 15) is 4.79 Å². The van der Waals surface area contributed by atoms with Crippen LogP contribution in [0.4, 0.5) is 0 Å². The molecule has 0 saturated carbocycles. The molecule has 1 aliphatic rings. The van der Waals surface area contributed by atoms with Crippen molar-refractivity contribution in [2.75, 3.05) is 0 Å². The van der Waals surface area contributed by atoms with Crippen molar-refractivity contribution < 1.29 is 9.53 Å². The van der Waals surface area contributed by atoms with Gasteiger partial charge >= 0.3 is 0 Å². The van der Waals surface area contributed by atoms with Gasteiger partial charge in [0.05, 0.1) is 0 Å². The second-order valence-electron chi connectivity index (χ2n) is 4.50. The molecule has 0 fully saturated rings. The lowest BCUT2D eigenvalue weighted by atomic mass is 10.2. The molecule has 0 aliphatic carbocycles. The first-order valence-corrected chi connectivity index (χ1v) is 6.74. The van der Waals surface area contributed by atoms with Gasteiger partial charge in [0.15, 0.2) is 0 Å². The summed E-state index contributed by atoms with van der Waals surface area (Å²) in [6.07, 6.45) is 2.63. The van der Waals surface area contributed by atoms with Crippen LogP contribution in [-0.2, 0) is 9.53 Å². The highest BCUT2D eigenvalue weighted by atomic mass is 35.5. The fourth-order valence-electron chi connectivity index (χ4n) is 2.06. The van der Waals surface area contributed by atoms with Crippen molar-refractivity contribution in [3.8, 4) is 0 Å². The molecule has 106 valence electrons. The lowest BCUT2D eigenvalue weighted by Gasteiger charge is -2.20. The van der Waals surface area contributed by atoms with E-state index < -0.39 is 6.23 Å². The Labute approximate surface area is 126 Å². The summed E-state index contributed by atoms with van der Waals surface area (Å²) < 4.78 is 5.83. The maximum atomic E-state index is 11.8. The Morgan fingerprint density at radius 2 is 1.95 bits per heavy atom. The number of halogens is 1. The van der Waals surface area contributed by atoms with Crippen molar-refractivity contribution >= 4 is 23.4 Å². The maximum Gasteiger partial charge on any atom is 0.243 e. The molecule has 21 heavy (non-hydrogen) atoms. The van der Waals surface area contributed by atoms with Crippen LogP contribution in [0.5, 0.6) is 0 Å². The van der Waals surface area contributed by atoms with Crippen molar-refractivity contribution in [1.82, 2.24) is 9.99 Å². The summed E-state index contributed by atoms with van der Waals surface area (Å²) in [5.41, 5.74) is 1.45. The van der Waals surface area contributed by atoms with Crippen molar-refractivity contribution in [2.24, 2.45) is 5.10 Å². The summed E-state index contributed by atoms with van der Waals surface area (Å²) in [4.78, 5) is 15.8. The van der Waals surface area contributed by atoms with Crippen molar-refractivity contribution in [2.45, 2.75) is 13.2 Å². The molecule has 0 N–H and O–H groups in total. The molecule has 2 aromatic rings. The lowest BCUT2D eigenvalue weighted by Crippen LogP contribution is -2.25. The third kappa shape index (κ3) is 2.60. The average Bonchev–Trinajstić information content (AvgIpc) is 2.94. The van der Waals surface area contributed by atoms with Crippen LogP contribution in [0.15, 0.2) is 53.9 Å². The minimum absolute atomic E-state index is 0.219. The zero-order valence-corrected chi connectivity index (χ0v) is 12.0. The van der Waals surface area contributed by atoms with Gasteiger partial charge in [0.2, 0.25) is 18.0 Å². The largest absolute Gasteiger partial charge is 0.446 e. The molecule has 0 bridgehead atoms. The fraction of sp³-hybridized carbons (Fsp3) is 0.133. The van der Waals surface area contributed by atoms with Crippen molar-refractivity contribution in [1.29, 1.82) is 0 Å². The van der Waals surface area contributed by atoms with E-state index in [1.54, 1.807) is 30.6 Å². The van der Waals surface area contributed by atoms with Crippen LogP contribution < -0.4 is 0 Å². The number of hydrazone groups is 1. The van der Waals surface area contributed by atoms with Gasteiger partial charge in [-0.25, -0.2) is 0 Å². The van der Waals surface area contributed by atoms with Gasteiger partial charge in [-0.2, -0.15) is 5.01 Å². The molecular formula is C15H12ClN3O2. The number of amides is 1. The second kappa shape index (κ2) is 5.54. The Hall–Kier alpha value is -2.40. The topological polar surface area (TPSA) is 54.8 Å². The summed E-state index contributed by atoms with van der Waals surface area (Å²) in [6.45, 7) is 1.44. The smallest absolute Gasteiger partial charge is 0.243 e. The van der Waals surface area contributed by atoms with E-state index in [4.69, 9.17) is 16.3 Å². The zero-order valence-electron chi connectivity index (χ0n) is 11.2. The molecule has 6 heteroatoms. The van der Waals surface area contributed by atoms with Crippen molar-refractivity contribution in [3.05, 3.63) is 64.9 Å². The van der Waals surface area contributed by atoms with Gasteiger partial charge in [-0.15, -0.1) is 5.10 Å². The molecule has 0 radical (unpaired) electrons. The number of benzene rings is 1. The first-order valence-electron chi connectivity index (χ1n) is 6.36. The van der Waals surface area contributed by atoms with Gasteiger partial charge in [-0.1, -0.05) is 29.8 Å². The first-order chi connectivity index (χ1) is 10.2. The quantitative estimate of drug-likeness (QED) is 0.857. The third-order valence-corrected chi connectivity index (χ3v) is 3.41. The Morgan fingerprint density at radius 3 is 2.62 bits per heavy atom. The standard InChI is InChI=1S/C15H12ClN3O2/c1-10(20)19-15(12-4-2-3-5-13(12)16)21-14(18-19)11-6-8-17-9-7-11/h2-9,15H,1H3. The van der Waals surface area contributed by atoms with Crippen LogP contribution in [0, 0.1) is 0 Å². The minimum atomic E-state index is -0.653. The average molecular weight is 302 g/mol. The molecule has 0 saturated heterocycles. The SMILES string of the molecule is CC(=O)N1N=C(c2ccncc2)OC1c1ccccc1Cl. The van der Waals surface area contributed by atoms with E-state index in [0.717, 1.165) is 5.56 Å². The van der Waals surface area contributed by atoms with Crippen LogP contribution in [0.2, 0.25) is 5.02 Å². The van der Waals surface area contributed by atoms with Gasteiger partial charge in [-0.05, 0) is 18.2 Å². The summed E-state index contributed by atoms with van der Waals surface area (Å²) in [7, 11) is 0. The van der Waals surface area contributed by atoms with Crippen molar-refractivity contribution in [3.63, 3.8) is 0 Å². The minimum Gasteiger partial charge on any atom is -0.446 e. The molecule has 1 aromatic carbocycles. The van der Waals surface area contributed by atoms with Crippen LogP contribution >= 0.6 is 11.6 Å². The molecule has 1 aromatic heterocycles. The van der Waals surface area contributed by atoms with Gasteiger partial charge in [0.25, 0.3) is 0 Å². The van der Waals surface area contributed by atoms with E-state index in [1.165, 1.54) is 11.9 Å². The first kappa shape index (κ1) is 13.6. The van der Waals surface area contributed by atoms with Crippen LogP contribution in [0.25, 0.3) is 0 Å². The fourth-order valence-corrected chi connectivity index (χ4v) is 2.28. The number of pyridine rings is 1. The number of carbonyl (C=O) groups excluding carboxylic acids is 1. The monoisotopic (exact) mass is 301 g/mol. The molecule has 5 nitrogen and oxygen atoms in total. The van der Waals surface area contributed by atoms with E-state index in [-0.39, 0.29) is 5.91 Å². The highest BCUT2D eigenvalue weighted by Crippen LogP contribution is 2.33. The number of ether oxygens (including phenoxy) is 1. The molecule has 1 amide bonds. The Balaban J connectivity index is 1.98. The number of carbonyl (C=O) groups is 1. The molecule has 1 unspecified atom stereocenters. The maximum absolute atomic E-state index is 11.8. The summed E-state index contributed by atoms with van der Waals surface area (Å²) in [5, 5.41) is 6.06. The number of aromatic nitrogens is 1. The lowest BCUT2D eigenvalue weighted by molar-refractivity contribution is -0.135. The normalized spacial score (nSPS) is 17.3. The predicted molar refractivity (Wildman–Crippen MR) is 78.6 cm³/mol. The van der Waals surface area contributed by atoms with Crippen LogP contribution in [0.3, 0.4) is 0 Å². The zero-order chi connectivity index (χ0) is 14.8. The Morgan fingerprint density at radius 1 is 1.24 bits per heavy atom. The summed E-state index contributed by atoms with van der Waals surface area (Å²) in [6, 6.07) is 10.8. The summed E-state index contributed by atoms with van der Waals surface area (Å²) in [5.74, 6) is 0.154. The van der Waals surface area contributed by atoms with Crippen LogP contribution in [-0.4, -0.2) is 21.8 Å². The van der Waals surface area contributed by atoms with Gasteiger partial charge in [-0.3, -0.25) is 9.78 Å².